The summed E-state index contributed by atoms with van der Waals surface area (Å²) >= 11 is 6.16. The van der Waals surface area contributed by atoms with Crippen molar-refractivity contribution in [2.75, 3.05) is 67.6 Å². The van der Waals surface area contributed by atoms with Crippen LogP contribution in [0.25, 0.3) is 0 Å². The summed E-state index contributed by atoms with van der Waals surface area (Å²) in [6.07, 6.45) is 0. The summed E-state index contributed by atoms with van der Waals surface area (Å²) in [6, 6.07) is 7.47. The van der Waals surface area contributed by atoms with Crippen LogP contribution in [0, 0.1) is 13.8 Å². The standard InChI is InChI=1S/C21H27ClN6O2/c1-15-17(22)4-3-5-18(15)25-21(29)28-8-6-26(7-9-28)19-14-20(24-16(2)23-19)27-10-12-30-13-11-27/h3-5,14H,6-13H2,1-2H3,(H,25,29). The second kappa shape index (κ2) is 9.06. The number of morpholine rings is 1. The Morgan fingerprint density at radius 1 is 1.00 bits per heavy atom. The summed E-state index contributed by atoms with van der Waals surface area (Å²) < 4.78 is 5.44. The quantitative estimate of drug-likeness (QED) is 0.807. The molecular weight excluding hydrogens is 404 g/mol. The third kappa shape index (κ3) is 4.60. The van der Waals surface area contributed by atoms with Crippen molar-refractivity contribution in [2.45, 2.75) is 13.8 Å². The number of carbonyl (C=O) groups is 1. The summed E-state index contributed by atoms with van der Waals surface area (Å²) in [6.45, 7) is 9.64. The van der Waals surface area contributed by atoms with E-state index in [4.69, 9.17) is 16.3 Å². The first-order chi connectivity index (χ1) is 14.5. The molecule has 160 valence electrons. The molecule has 0 bridgehead atoms. The number of halogens is 1. The van der Waals surface area contributed by atoms with E-state index in [0.717, 1.165) is 68.1 Å². The highest BCUT2D eigenvalue weighted by molar-refractivity contribution is 6.31. The lowest BCUT2D eigenvalue weighted by Gasteiger charge is -2.36. The van der Waals surface area contributed by atoms with E-state index in [1.807, 2.05) is 43.0 Å². The maximum absolute atomic E-state index is 12.7. The topological polar surface area (TPSA) is 73.8 Å². The molecule has 2 fully saturated rings. The van der Waals surface area contributed by atoms with Crippen LogP contribution in [-0.2, 0) is 4.74 Å². The molecule has 0 aliphatic carbocycles. The number of hydrogen-bond donors (Lipinski definition) is 1. The number of amides is 2. The molecule has 2 aliphatic rings. The van der Waals surface area contributed by atoms with Crippen molar-refractivity contribution in [1.29, 1.82) is 0 Å². The number of aromatic nitrogens is 2. The zero-order valence-corrected chi connectivity index (χ0v) is 18.2. The average molecular weight is 431 g/mol. The molecule has 2 saturated heterocycles. The first kappa shape index (κ1) is 20.7. The number of ether oxygens (including phenoxy) is 1. The number of piperazine rings is 1. The van der Waals surface area contributed by atoms with Gasteiger partial charge in [-0.15, -0.1) is 0 Å². The van der Waals surface area contributed by atoms with E-state index in [0.29, 0.717) is 18.1 Å². The van der Waals surface area contributed by atoms with Crippen molar-refractivity contribution < 1.29 is 9.53 Å². The zero-order valence-electron chi connectivity index (χ0n) is 17.4. The Kier molecular flexibility index (Phi) is 6.24. The first-order valence-corrected chi connectivity index (χ1v) is 10.6. The van der Waals surface area contributed by atoms with Crippen LogP contribution in [0.2, 0.25) is 5.02 Å². The van der Waals surface area contributed by atoms with Crippen LogP contribution in [0.4, 0.5) is 22.1 Å². The number of anilines is 3. The van der Waals surface area contributed by atoms with Gasteiger partial charge < -0.3 is 24.8 Å². The van der Waals surface area contributed by atoms with Gasteiger partial charge in [0.25, 0.3) is 0 Å². The van der Waals surface area contributed by atoms with E-state index in [9.17, 15) is 4.79 Å². The Hall–Kier alpha value is -2.58. The van der Waals surface area contributed by atoms with Gasteiger partial charge in [-0.1, -0.05) is 17.7 Å². The van der Waals surface area contributed by atoms with Gasteiger partial charge in [0.2, 0.25) is 0 Å². The monoisotopic (exact) mass is 430 g/mol. The highest BCUT2D eigenvalue weighted by atomic mass is 35.5. The Morgan fingerprint density at radius 2 is 1.63 bits per heavy atom. The average Bonchev–Trinajstić information content (AvgIpc) is 2.77. The SMILES string of the molecule is Cc1nc(N2CCOCC2)cc(N2CCN(C(=O)Nc3cccc(Cl)c3C)CC2)n1. The van der Waals surface area contributed by atoms with E-state index < -0.39 is 0 Å². The number of rotatable bonds is 3. The van der Waals surface area contributed by atoms with Crippen LogP contribution in [0.15, 0.2) is 24.3 Å². The van der Waals surface area contributed by atoms with Gasteiger partial charge in [-0.05, 0) is 31.5 Å². The molecule has 1 aromatic carbocycles. The predicted molar refractivity (Wildman–Crippen MR) is 119 cm³/mol. The largest absolute Gasteiger partial charge is 0.378 e. The van der Waals surface area contributed by atoms with E-state index in [2.05, 4.69) is 25.1 Å². The number of carbonyl (C=O) groups excluding carboxylic acids is 1. The molecule has 0 unspecified atom stereocenters. The molecule has 9 heteroatoms. The number of nitrogens with zero attached hydrogens (tertiary/aromatic N) is 5. The lowest BCUT2D eigenvalue weighted by atomic mass is 10.2. The van der Waals surface area contributed by atoms with E-state index >= 15 is 0 Å². The van der Waals surface area contributed by atoms with Gasteiger partial charge in [-0.2, -0.15) is 0 Å². The minimum Gasteiger partial charge on any atom is -0.378 e. The van der Waals surface area contributed by atoms with Gasteiger partial charge in [0, 0.05) is 56.0 Å². The van der Waals surface area contributed by atoms with Crippen LogP contribution < -0.4 is 15.1 Å². The molecule has 1 aromatic heterocycles. The minimum atomic E-state index is -0.104. The van der Waals surface area contributed by atoms with E-state index in [1.165, 1.54) is 0 Å². The molecule has 2 amide bonds. The molecule has 0 atom stereocenters. The second-order valence-corrected chi connectivity index (χ2v) is 7.95. The fourth-order valence-corrected chi connectivity index (χ4v) is 3.90. The Morgan fingerprint density at radius 3 is 2.30 bits per heavy atom. The fraction of sp³-hybridized carbons (Fsp3) is 0.476. The Balaban J connectivity index is 1.39. The van der Waals surface area contributed by atoms with Crippen molar-refractivity contribution in [3.05, 3.63) is 40.7 Å². The highest BCUT2D eigenvalue weighted by Crippen LogP contribution is 2.24. The normalized spacial score (nSPS) is 17.2. The van der Waals surface area contributed by atoms with Crippen molar-refractivity contribution >= 4 is 35.0 Å². The van der Waals surface area contributed by atoms with Crippen LogP contribution in [-0.4, -0.2) is 73.4 Å². The summed E-state index contributed by atoms with van der Waals surface area (Å²) in [5.41, 5.74) is 1.62. The lowest BCUT2D eigenvalue weighted by molar-refractivity contribution is 0.122. The second-order valence-electron chi connectivity index (χ2n) is 7.55. The number of aryl methyl sites for hydroxylation is 1. The third-order valence-electron chi connectivity index (χ3n) is 5.55. The van der Waals surface area contributed by atoms with Crippen molar-refractivity contribution in [3.63, 3.8) is 0 Å². The fourth-order valence-electron chi connectivity index (χ4n) is 3.73. The number of nitrogens with one attached hydrogen (secondary N) is 1. The molecule has 0 radical (unpaired) electrons. The van der Waals surface area contributed by atoms with Gasteiger partial charge in [0.1, 0.15) is 17.5 Å². The molecule has 8 nitrogen and oxygen atoms in total. The summed E-state index contributed by atoms with van der Waals surface area (Å²) in [5.74, 6) is 2.61. The van der Waals surface area contributed by atoms with Crippen molar-refractivity contribution in [1.82, 2.24) is 14.9 Å². The van der Waals surface area contributed by atoms with Crippen LogP contribution >= 0.6 is 11.6 Å². The Bertz CT molecular complexity index is 910. The molecule has 0 spiro atoms. The molecule has 2 aliphatic heterocycles. The minimum absolute atomic E-state index is 0.104. The van der Waals surface area contributed by atoms with Gasteiger partial charge in [-0.3, -0.25) is 0 Å². The summed E-state index contributed by atoms with van der Waals surface area (Å²) in [7, 11) is 0. The molecule has 2 aromatic rings. The predicted octanol–water partition coefficient (Wildman–Crippen LogP) is 2.94. The van der Waals surface area contributed by atoms with Gasteiger partial charge in [0.05, 0.1) is 13.2 Å². The number of hydrogen-bond acceptors (Lipinski definition) is 6. The smallest absolute Gasteiger partial charge is 0.321 e. The van der Waals surface area contributed by atoms with Crippen LogP contribution in [0.3, 0.4) is 0 Å². The number of benzene rings is 1. The van der Waals surface area contributed by atoms with Crippen LogP contribution in [0.1, 0.15) is 11.4 Å². The van der Waals surface area contributed by atoms with E-state index in [-0.39, 0.29) is 6.03 Å². The number of urea groups is 1. The van der Waals surface area contributed by atoms with Crippen molar-refractivity contribution in [2.24, 2.45) is 0 Å². The van der Waals surface area contributed by atoms with Crippen molar-refractivity contribution in [3.8, 4) is 0 Å². The molecule has 0 saturated carbocycles. The summed E-state index contributed by atoms with van der Waals surface area (Å²) in [4.78, 5) is 28.2. The molecular formula is C21H27ClN6O2. The van der Waals surface area contributed by atoms with Gasteiger partial charge >= 0.3 is 6.03 Å². The maximum Gasteiger partial charge on any atom is 0.321 e. The third-order valence-corrected chi connectivity index (χ3v) is 5.96. The molecule has 30 heavy (non-hydrogen) atoms. The first-order valence-electron chi connectivity index (χ1n) is 10.3. The molecule has 1 N–H and O–H groups in total. The summed E-state index contributed by atoms with van der Waals surface area (Å²) in [5, 5.41) is 3.62. The van der Waals surface area contributed by atoms with Gasteiger partial charge in [-0.25, -0.2) is 14.8 Å². The molecule has 4 rings (SSSR count). The van der Waals surface area contributed by atoms with E-state index in [1.54, 1.807) is 0 Å². The van der Waals surface area contributed by atoms with Crippen LogP contribution in [0.5, 0.6) is 0 Å². The Labute approximate surface area is 181 Å². The zero-order chi connectivity index (χ0) is 21.1. The lowest BCUT2D eigenvalue weighted by Crippen LogP contribution is -2.50. The maximum atomic E-state index is 12.7. The molecule has 3 heterocycles. The highest BCUT2D eigenvalue weighted by Gasteiger charge is 2.24. The van der Waals surface area contributed by atoms with Gasteiger partial charge in [0.15, 0.2) is 0 Å².